The predicted octanol–water partition coefficient (Wildman–Crippen LogP) is 1.94. The van der Waals surface area contributed by atoms with Gasteiger partial charge < -0.3 is 4.74 Å². The highest BCUT2D eigenvalue weighted by molar-refractivity contribution is 5.90. The first-order chi connectivity index (χ1) is 7.46. The van der Waals surface area contributed by atoms with Crippen molar-refractivity contribution in [1.82, 2.24) is 0 Å². The fourth-order valence-corrected chi connectivity index (χ4v) is 1.10. The van der Waals surface area contributed by atoms with E-state index in [1.165, 1.54) is 24.3 Å². The van der Waals surface area contributed by atoms with E-state index in [1.807, 2.05) is 0 Å². The number of rotatable bonds is 4. The van der Waals surface area contributed by atoms with Crippen LogP contribution in [0.3, 0.4) is 0 Å². The van der Waals surface area contributed by atoms with Gasteiger partial charge in [-0.3, -0.25) is 4.79 Å². The normalized spacial score (nSPS) is 12.9. The Bertz CT molecular complexity index is 373. The topological polar surface area (TPSA) is 43.4 Å². The van der Waals surface area contributed by atoms with Crippen LogP contribution < -0.4 is 0 Å². The van der Waals surface area contributed by atoms with E-state index in [-0.39, 0.29) is 5.56 Å². The van der Waals surface area contributed by atoms with E-state index in [4.69, 9.17) is 0 Å². The Labute approximate surface area is 88.8 Å². The van der Waals surface area contributed by atoms with Crippen molar-refractivity contribution in [2.45, 2.75) is 12.3 Å². The molecule has 1 radical (unpaired) electrons. The van der Waals surface area contributed by atoms with E-state index in [9.17, 15) is 22.8 Å². The first-order valence-electron chi connectivity index (χ1n) is 4.15. The van der Waals surface area contributed by atoms with Crippen molar-refractivity contribution in [3.63, 3.8) is 0 Å². The summed E-state index contributed by atoms with van der Waals surface area (Å²) in [4.78, 5) is 20.9. The Kier molecular flexibility index (Phi) is 3.65. The molecular weight excluding hydrogens is 225 g/mol. The van der Waals surface area contributed by atoms with Gasteiger partial charge in [-0.15, -0.1) is 0 Å². The minimum absolute atomic E-state index is 0.0480. The third-order valence-corrected chi connectivity index (χ3v) is 1.79. The van der Waals surface area contributed by atoms with Crippen LogP contribution in [0, 0.1) is 0 Å². The van der Waals surface area contributed by atoms with Crippen LogP contribution in [0.2, 0.25) is 0 Å². The number of halogens is 3. The van der Waals surface area contributed by atoms with Crippen molar-refractivity contribution in [2.75, 3.05) is 0 Å². The number of ketones is 1. The van der Waals surface area contributed by atoms with E-state index in [1.54, 1.807) is 6.07 Å². The van der Waals surface area contributed by atoms with Crippen molar-refractivity contribution < 1.29 is 27.5 Å². The Morgan fingerprint density at radius 1 is 1.25 bits per heavy atom. The van der Waals surface area contributed by atoms with Gasteiger partial charge in [-0.05, 0) is 0 Å². The highest BCUT2D eigenvalue weighted by Gasteiger charge is 2.45. The number of benzene rings is 1. The van der Waals surface area contributed by atoms with E-state index in [0.29, 0.717) is 0 Å². The molecule has 0 bridgehead atoms. The molecule has 0 aromatic heterocycles. The van der Waals surface area contributed by atoms with Crippen LogP contribution in [0.5, 0.6) is 0 Å². The van der Waals surface area contributed by atoms with Crippen LogP contribution in [0.15, 0.2) is 30.3 Å². The molecule has 0 fully saturated rings. The summed E-state index contributed by atoms with van der Waals surface area (Å²) in [6, 6.07) is 6.93. The molecule has 0 spiro atoms. The smallest absolute Gasteiger partial charge is 0.441 e. The fourth-order valence-electron chi connectivity index (χ4n) is 1.10. The predicted molar refractivity (Wildman–Crippen MR) is 47.0 cm³/mol. The maximum atomic E-state index is 12.1. The molecule has 0 heterocycles. The second-order valence-corrected chi connectivity index (χ2v) is 2.85. The second kappa shape index (κ2) is 4.78. The van der Waals surface area contributed by atoms with E-state index in [2.05, 4.69) is 4.74 Å². The van der Waals surface area contributed by atoms with Gasteiger partial charge in [-0.25, -0.2) is 4.79 Å². The third kappa shape index (κ3) is 2.82. The summed E-state index contributed by atoms with van der Waals surface area (Å²) >= 11 is 0. The van der Waals surface area contributed by atoms with Crippen molar-refractivity contribution >= 4 is 12.3 Å². The Balaban J connectivity index is 3.01. The van der Waals surface area contributed by atoms with Gasteiger partial charge in [0.05, 0.1) is 0 Å². The van der Waals surface area contributed by atoms with E-state index < -0.39 is 18.1 Å². The monoisotopic (exact) mass is 231 g/mol. The number of carbonyl (C=O) groups excluding carboxylic acids is 2. The Morgan fingerprint density at radius 2 is 1.81 bits per heavy atom. The molecule has 16 heavy (non-hydrogen) atoms. The lowest BCUT2D eigenvalue weighted by Gasteiger charge is -2.15. The van der Waals surface area contributed by atoms with Gasteiger partial charge in [0.1, 0.15) is 0 Å². The first kappa shape index (κ1) is 12.2. The molecule has 0 aliphatic heterocycles. The molecule has 0 aliphatic carbocycles. The van der Waals surface area contributed by atoms with Crippen molar-refractivity contribution in [3.8, 4) is 0 Å². The van der Waals surface area contributed by atoms with Crippen LogP contribution in [0.1, 0.15) is 11.7 Å². The van der Waals surface area contributed by atoms with Gasteiger partial charge in [0, 0.05) is 5.56 Å². The van der Waals surface area contributed by atoms with Gasteiger partial charge >= 0.3 is 12.6 Å². The molecule has 0 saturated carbocycles. The fraction of sp³-hybridized carbons (Fsp3) is 0.200. The van der Waals surface area contributed by atoms with Crippen molar-refractivity contribution in [2.24, 2.45) is 0 Å². The summed E-state index contributed by atoms with van der Waals surface area (Å²) in [5, 5.41) is 0. The lowest BCUT2D eigenvalue weighted by molar-refractivity contribution is -0.179. The highest BCUT2D eigenvalue weighted by atomic mass is 19.4. The summed E-state index contributed by atoms with van der Waals surface area (Å²) < 4.78 is 40.5. The van der Waals surface area contributed by atoms with Crippen molar-refractivity contribution in [1.29, 1.82) is 0 Å². The molecule has 1 atom stereocenters. The number of alkyl halides is 3. The number of hydrogen-bond donors (Lipinski definition) is 0. The standard InChI is InChI=1S/C10H6F3O3/c11-10(12,13)9(15)8(16-6-14)7-4-2-1-3-5-7/h1-5,8H. The second-order valence-electron chi connectivity index (χ2n) is 2.85. The first-order valence-corrected chi connectivity index (χ1v) is 4.15. The largest absolute Gasteiger partial charge is 0.454 e. The van der Waals surface area contributed by atoms with Gasteiger partial charge in [0.15, 0.2) is 6.10 Å². The quantitative estimate of drug-likeness (QED) is 0.795. The summed E-state index contributed by atoms with van der Waals surface area (Å²) in [5.41, 5.74) is -0.0480. The Morgan fingerprint density at radius 3 is 2.25 bits per heavy atom. The molecule has 1 aromatic carbocycles. The zero-order valence-electron chi connectivity index (χ0n) is 7.82. The average molecular weight is 231 g/mol. The minimum Gasteiger partial charge on any atom is -0.441 e. The molecule has 1 aromatic rings. The maximum absolute atomic E-state index is 12.1. The number of carbonyl (C=O) groups is 1. The van der Waals surface area contributed by atoms with E-state index >= 15 is 0 Å². The molecule has 1 rings (SSSR count). The van der Waals surface area contributed by atoms with Crippen LogP contribution in [0.4, 0.5) is 13.2 Å². The lowest BCUT2D eigenvalue weighted by atomic mass is 10.1. The lowest BCUT2D eigenvalue weighted by Crippen LogP contribution is -2.30. The van der Waals surface area contributed by atoms with Crippen molar-refractivity contribution in [3.05, 3.63) is 35.9 Å². The minimum atomic E-state index is -5.06. The molecule has 6 heteroatoms. The van der Waals surface area contributed by atoms with Gasteiger partial charge in [0.2, 0.25) is 0 Å². The number of Topliss-reactive ketones (excluding diaryl/α,β-unsaturated/α-hetero) is 1. The van der Waals surface area contributed by atoms with Gasteiger partial charge in [0.25, 0.3) is 5.78 Å². The zero-order valence-corrected chi connectivity index (χ0v) is 7.82. The molecule has 85 valence electrons. The van der Waals surface area contributed by atoms with Crippen LogP contribution >= 0.6 is 0 Å². The Hall–Kier alpha value is -1.85. The maximum Gasteiger partial charge on any atom is 0.454 e. The summed E-state index contributed by atoms with van der Waals surface area (Å²) in [6.45, 7) is 0.848. The molecule has 0 aliphatic rings. The highest BCUT2D eigenvalue weighted by Crippen LogP contribution is 2.27. The third-order valence-electron chi connectivity index (χ3n) is 1.79. The molecular formula is C10H6F3O3. The zero-order chi connectivity index (χ0) is 12.2. The molecule has 0 N–H and O–H groups in total. The molecule has 3 nitrogen and oxygen atoms in total. The van der Waals surface area contributed by atoms with Crippen LogP contribution in [-0.2, 0) is 14.3 Å². The molecule has 0 amide bonds. The number of ether oxygens (including phenoxy) is 1. The summed E-state index contributed by atoms with van der Waals surface area (Å²) in [6.07, 6.45) is -7.05. The number of hydrogen-bond acceptors (Lipinski definition) is 3. The van der Waals surface area contributed by atoms with Crippen LogP contribution in [-0.4, -0.2) is 18.4 Å². The van der Waals surface area contributed by atoms with E-state index in [0.717, 1.165) is 6.47 Å². The van der Waals surface area contributed by atoms with Crippen LogP contribution in [0.25, 0.3) is 0 Å². The molecule has 1 unspecified atom stereocenters. The summed E-state index contributed by atoms with van der Waals surface area (Å²) in [5.74, 6) is -2.14. The van der Waals surface area contributed by atoms with Gasteiger partial charge in [-0.1, -0.05) is 30.3 Å². The molecule has 0 saturated heterocycles. The average Bonchev–Trinajstić information content (AvgIpc) is 2.25. The SMILES string of the molecule is O=[C]OC(C(=O)C(F)(F)F)c1ccccc1. The summed E-state index contributed by atoms with van der Waals surface area (Å²) in [7, 11) is 0. The van der Waals surface area contributed by atoms with Gasteiger partial charge in [-0.2, -0.15) is 13.2 Å².